The third-order valence-electron chi connectivity index (χ3n) is 4.53. The normalized spacial score (nSPS) is 12.8. The predicted molar refractivity (Wildman–Crippen MR) is 111 cm³/mol. The van der Waals surface area contributed by atoms with E-state index in [1.165, 1.54) is 12.1 Å². The molecule has 0 aliphatic rings. The second kappa shape index (κ2) is 9.70. The molecule has 0 aliphatic heterocycles. The molecule has 0 saturated carbocycles. The molecule has 0 bridgehead atoms. The second-order valence-corrected chi connectivity index (χ2v) is 7.13. The Labute approximate surface area is 169 Å². The van der Waals surface area contributed by atoms with Crippen molar-refractivity contribution in [1.29, 1.82) is 5.41 Å². The number of hydrogen-bond donors (Lipinski definition) is 6. The standard InChI is InChI=1S/C21H27N5O3/c1-12(2)17(22)20(28)26-18(14-7-9-16(27)10-8-14)21(29)25-11-13-3-5-15(6-4-13)19(23)24/h3-10,12,17-18,27H,11,22H2,1-2H3,(H3,23,24)(H,25,29)(H,26,28)/t17-,18?/m1/s1. The summed E-state index contributed by atoms with van der Waals surface area (Å²) in [4.78, 5) is 25.2. The van der Waals surface area contributed by atoms with Crippen molar-refractivity contribution in [1.82, 2.24) is 10.6 Å². The van der Waals surface area contributed by atoms with Crippen LogP contribution in [0.4, 0.5) is 0 Å². The molecule has 0 fully saturated rings. The minimum Gasteiger partial charge on any atom is -0.508 e. The summed E-state index contributed by atoms with van der Waals surface area (Å²) in [5, 5.41) is 22.4. The van der Waals surface area contributed by atoms with Crippen LogP contribution < -0.4 is 22.1 Å². The number of nitrogens with two attached hydrogens (primary N) is 2. The molecular weight excluding hydrogens is 370 g/mol. The van der Waals surface area contributed by atoms with Crippen molar-refractivity contribution in [2.45, 2.75) is 32.5 Å². The molecule has 0 heterocycles. The molecule has 2 atom stereocenters. The highest BCUT2D eigenvalue weighted by Crippen LogP contribution is 2.18. The Bertz CT molecular complexity index is 863. The van der Waals surface area contributed by atoms with E-state index in [-0.39, 0.29) is 24.0 Å². The largest absolute Gasteiger partial charge is 0.508 e. The van der Waals surface area contributed by atoms with E-state index in [9.17, 15) is 14.7 Å². The van der Waals surface area contributed by atoms with Gasteiger partial charge in [-0.1, -0.05) is 50.2 Å². The van der Waals surface area contributed by atoms with Gasteiger partial charge in [0.25, 0.3) is 0 Å². The van der Waals surface area contributed by atoms with E-state index in [0.29, 0.717) is 11.1 Å². The minimum atomic E-state index is -0.954. The van der Waals surface area contributed by atoms with Crippen molar-refractivity contribution in [2.24, 2.45) is 17.4 Å². The quantitative estimate of drug-likeness (QED) is 0.291. The smallest absolute Gasteiger partial charge is 0.247 e. The fourth-order valence-electron chi connectivity index (χ4n) is 2.60. The van der Waals surface area contributed by atoms with E-state index >= 15 is 0 Å². The van der Waals surface area contributed by atoms with Crippen molar-refractivity contribution >= 4 is 17.6 Å². The average molecular weight is 397 g/mol. The zero-order valence-electron chi connectivity index (χ0n) is 16.5. The SMILES string of the molecule is CC(C)[C@@H](N)C(=O)NC(C(=O)NCc1ccc(C(=N)N)cc1)c1ccc(O)cc1. The molecule has 29 heavy (non-hydrogen) atoms. The number of carbonyl (C=O) groups excluding carboxylic acids is 2. The maximum Gasteiger partial charge on any atom is 0.247 e. The number of phenolic OH excluding ortho intramolecular Hbond substituents is 1. The van der Waals surface area contributed by atoms with Crippen LogP contribution >= 0.6 is 0 Å². The third-order valence-corrected chi connectivity index (χ3v) is 4.53. The van der Waals surface area contributed by atoms with Gasteiger partial charge in [0.15, 0.2) is 0 Å². The summed E-state index contributed by atoms with van der Waals surface area (Å²) in [6.07, 6.45) is 0. The number of amidine groups is 1. The molecule has 8 N–H and O–H groups in total. The highest BCUT2D eigenvalue weighted by molar-refractivity contribution is 5.95. The molecule has 2 rings (SSSR count). The summed E-state index contributed by atoms with van der Waals surface area (Å²) >= 11 is 0. The van der Waals surface area contributed by atoms with Gasteiger partial charge in [-0.2, -0.15) is 0 Å². The maximum atomic E-state index is 12.8. The van der Waals surface area contributed by atoms with Gasteiger partial charge in [-0.3, -0.25) is 15.0 Å². The molecule has 1 unspecified atom stereocenters. The zero-order valence-corrected chi connectivity index (χ0v) is 16.5. The van der Waals surface area contributed by atoms with Crippen molar-refractivity contribution in [3.8, 4) is 5.75 Å². The van der Waals surface area contributed by atoms with Gasteiger partial charge in [-0.25, -0.2) is 0 Å². The van der Waals surface area contributed by atoms with Gasteiger partial charge in [0.1, 0.15) is 17.6 Å². The highest BCUT2D eigenvalue weighted by atomic mass is 16.3. The van der Waals surface area contributed by atoms with Gasteiger partial charge < -0.3 is 27.2 Å². The molecule has 2 amide bonds. The average Bonchev–Trinajstić information content (AvgIpc) is 2.70. The van der Waals surface area contributed by atoms with E-state index in [1.54, 1.807) is 36.4 Å². The highest BCUT2D eigenvalue weighted by Gasteiger charge is 2.26. The molecule has 2 aromatic rings. The van der Waals surface area contributed by atoms with Crippen LogP contribution in [0.1, 0.15) is 36.6 Å². The first-order valence-electron chi connectivity index (χ1n) is 9.25. The molecule has 8 nitrogen and oxygen atoms in total. The Hall–Kier alpha value is -3.39. The van der Waals surface area contributed by atoms with Crippen LogP contribution in [0.3, 0.4) is 0 Å². The fourth-order valence-corrected chi connectivity index (χ4v) is 2.60. The van der Waals surface area contributed by atoms with Crippen LogP contribution in [0.5, 0.6) is 5.75 Å². The number of amides is 2. The Kier molecular flexibility index (Phi) is 7.33. The number of phenols is 1. The molecule has 154 valence electrons. The lowest BCUT2D eigenvalue weighted by Gasteiger charge is -2.22. The van der Waals surface area contributed by atoms with Gasteiger partial charge >= 0.3 is 0 Å². The number of nitrogen functional groups attached to an aromatic ring is 1. The van der Waals surface area contributed by atoms with Gasteiger partial charge in [-0.15, -0.1) is 0 Å². The molecule has 0 aromatic heterocycles. The van der Waals surface area contributed by atoms with Gasteiger partial charge in [-0.05, 0) is 29.2 Å². The lowest BCUT2D eigenvalue weighted by molar-refractivity contribution is -0.130. The Morgan fingerprint density at radius 1 is 1.03 bits per heavy atom. The van der Waals surface area contributed by atoms with Gasteiger partial charge in [0, 0.05) is 12.1 Å². The Morgan fingerprint density at radius 3 is 2.14 bits per heavy atom. The second-order valence-electron chi connectivity index (χ2n) is 7.13. The number of rotatable bonds is 8. The number of benzene rings is 2. The molecule has 8 heteroatoms. The number of carbonyl (C=O) groups is 2. The van der Waals surface area contributed by atoms with Crippen LogP contribution in [0.15, 0.2) is 48.5 Å². The first kappa shape index (κ1) is 21.9. The van der Waals surface area contributed by atoms with E-state index in [2.05, 4.69) is 10.6 Å². The van der Waals surface area contributed by atoms with Crippen molar-refractivity contribution < 1.29 is 14.7 Å². The summed E-state index contributed by atoms with van der Waals surface area (Å²) < 4.78 is 0. The first-order valence-corrected chi connectivity index (χ1v) is 9.25. The third kappa shape index (κ3) is 6.05. The molecule has 0 spiro atoms. The van der Waals surface area contributed by atoms with Gasteiger partial charge in [0.2, 0.25) is 11.8 Å². The van der Waals surface area contributed by atoms with E-state index in [1.807, 2.05) is 13.8 Å². The van der Waals surface area contributed by atoms with E-state index in [4.69, 9.17) is 16.9 Å². The van der Waals surface area contributed by atoms with Crippen LogP contribution in [0.2, 0.25) is 0 Å². The molecule has 0 aliphatic carbocycles. The van der Waals surface area contributed by atoms with Crippen LogP contribution in [-0.4, -0.2) is 28.8 Å². The van der Waals surface area contributed by atoms with Crippen LogP contribution in [0, 0.1) is 11.3 Å². The number of nitrogens with one attached hydrogen (secondary N) is 3. The summed E-state index contributed by atoms with van der Waals surface area (Å²) in [6, 6.07) is 11.3. The summed E-state index contributed by atoms with van der Waals surface area (Å²) in [5.74, 6) is -0.895. The first-order chi connectivity index (χ1) is 13.7. The van der Waals surface area contributed by atoms with Crippen molar-refractivity contribution in [3.05, 3.63) is 65.2 Å². The number of hydrogen-bond acceptors (Lipinski definition) is 5. The summed E-state index contributed by atoms with van der Waals surface area (Å²) in [7, 11) is 0. The lowest BCUT2D eigenvalue weighted by Crippen LogP contribution is -2.48. The Morgan fingerprint density at radius 2 is 1.62 bits per heavy atom. The van der Waals surface area contributed by atoms with E-state index in [0.717, 1.165) is 5.56 Å². The molecule has 2 aromatic carbocycles. The minimum absolute atomic E-state index is 0.0304. The molecule has 0 radical (unpaired) electrons. The number of aromatic hydroxyl groups is 1. The van der Waals surface area contributed by atoms with Crippen LogP contribution in [0.25, 0.3) is 0 Å². The topological polar surface area (TPSA) is 154 Å². The van der Waals surface area contributed by atoms with Crippen molar-refractivity contribution in [3.63, 3.8) is 0 Å². The van der Waals surface area contributed by atoms with E-state index < -0.39 is 23.9 Å². The lowest BCUT2D eigenvalue weighted by atomic mass is 10.0. The van der Waals surface area contributed by atoms with Crippen LogP contribution in [-0.2, 0) is 16.1 Å². The summed E-state index contributed by atoms with van der Waals surface area (Å²) in [5.41, 5.74) is 13.3. The monoisotopic (exact) mass is 397 g/mol. The fraction of sp³-hybridized carbons (Fsp3) is 0.286. The maximum absolute atomic E-state index is 12.8. The predicted octanol–water partition coefficient (Wildman–Crippen LogP) is 1.13. The Balaban J connectivity index is 2.14. The van der Waals surface area contributed by atoms with Crippen molar-refractivity contribution in [2.75, 3.05) is 0 Å². The zero-order chi connectivity index (χ0) is 21.6. The molecular formula is C21H27N5O3. The van der Waals surface area contributed by atoms with Gasteiger partial charge in [0.05, 0.1) is 6.04 Å². The summed E-state index contributed by atoms with van der Waals surface area (Å²) in [6.45, 7) is 3.88. The molecule has 0 saturated heterocycles.